The Morgan fingerprint density at radius 2 is 1.60 bits per heavy atom. The predicted molar refractivity (Wildman–Crippen MR) is 156 cm³/mol. The first-order valence-electron chi connectivity index (χ1n) is 13.6. The Kier molecular flexibility index (Phi) is 8.62. The summed E-state index contributed by atoms with van der Waals surface area (Å²) in [5.41, 5.74) is 1.80. The molecule has 2 amide bonds. The molecule has 0 aliphatic carbocycles. The Hall–Kier alpha value is -3.16. The molecule has 2 fully saturated rings. The van der Waals surface area contributed by atoms with Crippen molar-refractivity contribution < 1.29 is 14.0 Å². The van der Waals surface area contributed by atoms with E-state index in [1.807, 2.05) is 55.3 Å². The smallest absolute Gasteiger partial charge is 0.229 e. The molecule has 6 nitrogen and oxygen atoms in total. The molecule has 3 unspecified atom stereocenters. The quantitative estimate of drug-likeness (QED) is 0.357. The average molecular weight is 584 g/mol. The van der Waals surface area contributed by atoms with Crippen LogP contribution in [0.15, 0.2) is 66.9 Å². The number of carbonyl (C=O) groups excluding carboxylic acids is 2. The Labute approximate surface area is 244 Å². The number of rotatable bonds is 6. The zero-order valence-electron chi connectivity index (χ0n) is 22.6. The number of pyridine rings is 1. The van der Waals surface area contributed by atoms with E-state index in [9.17, 15) is 14.0 Å². The van der Waals surface area contributed by atoms with Crippen molar-refractivity contribution >= 4 is 40.8 Å². The minimum Gasteiger partial charge on any atom is -0.357 e. The van der Waals surface area contributed by atoms with Crippen LogP contribution in [0.25, 0.3) is 0 Å². The number of likely N-dealkylation sites (tertiary alicyclic amines) is 1. The van der Waals surface area contributed by atoms with Gasteiger partial charge in [0.2, 0.25) is 11.8 Å². The number of halogens is 3. The monoisotopic (exact) mass is 582 g/mol. The van der Waals surface area contributed by atoms with Gasteiger partial charge in [0.25, 0.3) is 0 Å². The molecule has 2 saturated heterocycles. The van der Waals surface area contributed by atoms with Gasteiger partial charge in [0, 0.05) is 56.3 Å². The molecule has 210 valence electrons. The van der Waals surface area contributed by atoms with Gasteiger partial charge in [-0.25, -0.2) is 9.37 Å². The SMILES string of the molecule is CC(C(=O)N(C)C1CN(C(=O)C2CCN(c3ccc(Cl)cn3)CC2)CC1c1ccc(Cl)cc1)c1ccc(F)cc1. The van der Waals surface area contributed by atoms with Crippen LogP contribution in [-0.2, 0) is 9.59 Å². The fourth-order valence-electron chi connectivity index (χ4n) is 5.93. The Balaban J connectivity index is 1.30. The highest BCUT2D eigenvalue weighted by molar-refractivity contribution is 6.30. The topological polar surface area (TPSA) is 56.8 Å². The maximum absolute atomic E-state index is 13.8. The third-order valence-electron chi connectivity index (χ3n) is 8.36. The van der Waals surface area contributed by atoms with Crippen molar-refractivity contribution in [1.29, 1.82) is 0 Å². The molecule has 2 aromatic carbocycles. The normalized spacial score (nSPS) is 20.4. The lowest BCUT2D eigenvalue weighted by atomic mass is 9.92. The lowest BCUT2D eigenvalue weighted by molar-refractivity contribution is -0.137. The molecular weight excluding hydrogens is 550 g/mol. The molecule has 3 aromatic rings. The standard InChI is InChI=1S/C31H33Cl2FN4O2/c1-20(21-5-10-26(34)11-6-21)30(39)36(2)28-19-38(18-27(28)22-3-7-24(32)8-4-22)31(40)23-13-15-37(16-14-23)29-12-9-25(33)17-35-29/h3-12,17,20,23,27-28H,13-16,18-19H2,1-2H3. The van der Waals surface area contributed by atoms with Gasteiger partial charge >= 0.3 is 0 Å². The molecule has 2 aliphatic heterocycles. The van der Waals surface area contributed by atoms with Crippen LogP contribution >= 0.6 is 23.2 Å². The molecule has 0 saturated carbocycles. The molecule has 0 N–H and O–H groups in total. The summed E-state index contributed by atoms with van der Waals surface area (Å²) in [5, 5.41) is 1.24. The lowest BCUT2D eigenvalue weighted by Crippen LogP contribution is -2.45. The summed E-state index contributed by atoms with van der Waals surface area (Å²) in [6, 6.07) is 17.3. The van der Waals surface area contributed by atoms with Gasteiger partial charge in [-0.05, 0) is 67.3 Å². The number of piperidine rings is 1. The second kappa shape index (κ2) is 12.1. The van der Waals surface area contributed by atoms with Gasteiger partial charge in [-0.2, -0.15) is 0 Å². The second-order valence-electron chi connectivity index (χ2n) is 10.8. The molecular formula is C31H33Cl2FN4O2. The van der Waals surface area contributed by atoms with E-state index in [0.29, 0.717) is 23.1 Å². The van der Waals surface area contributed by atoms with Gasteiger partial charge in [-0.3, -0.25) is 9.59 Å². The van der Waals surface area contributed by atoms with Gasteiger partial charge in [0.1, 0.15) is 11.6 Å². The number of aromatic nitrogens is 1. The Morgan fingerprint density at radius 1 is 0.950 bits per heavy atom. The molecule has 1 aromatic heterocycles. The van der Waals surface area contributed by atoms with Gasteiger partial charge in [-0.15, -0.1) is 0 Å². The molecule has 5 rings (SSSR count). The molecule has 2 aliphatic rings. The van der Waals surface area contributed by atoms with E-state index >= 15 is 0 Å². The largest absolute Gasteiger partial charge is 0.357 e. The van der Waals surface area contributed by atoms with Crippen molar-refractivity contribution in [3.8, 4) is 0 Å². The summed E-state index contributed by atoms with van der Waals surface area (Å²) in [6.07, 6.45) is 3.13. The summed E-state index contributed by atoms with van der Waals surface area (Å²) in [7, 11) is 1.81. The highest BCUT2D eigenvalue weighted by atomic mass is 35.5. The number of amides is 2. The van der Waals surface area contributed by atoms with E-state index in [1.54, 1.807) is 23.2 Å². The first-order chi connectivity index (χ1) is 19.2. The third-order valence-corrected chi connectivity index (χ3v) is 8.84. The number of likely N-dealkylation sites (N-methyl/N-ethyl adjacent to an activating group) is 1. The van der Waals surface area contributed by atoms with Crippen LogP contribution in [0.2, 0.25) is 10.0 Å². The van der Waals surface area contributed by atoms with Crippen LogP contribution in [0.5, 0.6) is 0 Å². The number of benzene rings is 2. The predicted octanol–water partition coefficient (Wildman–Crippen LogP) is 6.00. The second-order valence-corrected chi connectivity index (χ2v) is 11.7. The number of nitrogens with zero attached hydrogens (tertiary/aromatic N) is 4. The lowest BCUT2D eigenvalue weighted by Gasteiger charge is -2.34. The van der Waals surface area contributed by atoms with Crippen LogP contribution < -0.4 is 4.90 Å². The maximum Gasteiger partial charge on any atom is 0.229 e. The number of anilines is 1. The van der Waals surface area contributed by atoms with E-state index in [2.05, 4.69) is 9.88 Å². The molecule has 3 heterocycles. The van der Waals surface area contributed by atoms with Crippen molar-refractivity contribution in [2.24, 2.45) is 5.92 Å². The van der Waals surface area contributed by atoms with Gasteiger partial charge in [0.05, 0.1) is 17.0 Å². The van der Waals surface area contributed by atoms with Crippen LogP contribution in [0.4, 0.5) is 10.2 Å². The fourth-order valence-corrected chi connectivity index (χ4v) is 6.17. The first kappa shape index (κ1) is 28.4. The zero-order chi connectivity index (χ0) is 28.4. The van der Waals surface area contributed by atoms with Gasteiger partial charge in [-0.1, -0.05) is 47.5 Å². The summed E-state index contributed by atoms with van der Waals surface area (Å²) in [6.45, 7) is 4.33. The zero-order valence-corrected chi connectivity index (χ0v) is 24.2. The Bertz CT molecular complexity index is 1330. The van der Waals surface area contributed by atoms with Crippen LogP contribution in [-0.4, -0.2) is 65.9 Å². The molecule has 0 bridgehead atoms. The van der Waals surface area contributed by atoms with Crippen molar-refractivity contribution in [1.82, 2.24) is 14.8 Å². The average Bonchev–Trinajstić information content (AvgIpc) is 3.42. The molecule has 9 heteroatoms. The van der Waals surface area contributed by atoms with E-state index in [0.717, 1.165) is 42.9 Å². The van der Waals surface area contributed by atoms with Crippen LogP contribution in [0, 0.1) is 11.7 Å². The summed E-state index contributed by atoms with van der Waals surface area (Å²) >= 11 is 12.1. The highest BCUT2D eigenvalue weighted by Gasteiger charge is 2.42. The van der Waals surface area contributed by atoms with Crippen molar-refractivity contribution in [3.63, 3.8) is 0 Å². The molecule has 3 atom stereocenters. The van der Waals surface area contributed by atoms with Crippen LogP contribution in [0.1, 0.15) is 42.7 Å². The fraction of sp³-hybridized carbons (Fsp3) is 0.387. The van der Waals surface area contributed by atoms with Crippen molar-refractivity contribution in [2.75, 3.05) is 38.1 Å². The molecule has 0 spiro atoms. The summed E-state index contributed by atoms with van der Waals surface area (Å²) in [4.78, 5) is 37.7. The van der Waals surface area contributed by atoms with Gasteiger partial charge < -0.3 is 14.7 Å². The summed E-state index contributed by atoms with van der Waals surface area (Å²) < 4.78 is 13.5. The number of hydrogen-bond donors (Lipinski definition) is 0. The van der Waals surface area contributed by atoms with E-state index in [-0.39, 0.29) is 35.5 Å². The van der Waals surface area contributed by atoms with Crippen LogP contribution in [0.3, 0.4) is 0 Å². The highest BCUT2D eigenvalue weighted by Crippen LogP contribution is 2.35. The van der Waals surface area contributed by atoms with Crippen molar-refractivity contribution in [3.05, 3.63) is 93.8 Å². The summed E-state index contributed by atoms with van der Waals surface area (Å²) in [5.74, 6) is 0.0500. The van der Waals surface area contributed by atoms with E-state index < -0.39 is 5.92 Å². The van der Waals surface area contributed by atoms with Crippen molar-refractivity contribution in [2.45, 2.75) is 37.6 Å². The third kappa shape index (κ3) is 6.11. The number of hydrogen-bond acceptors (Lipinski definition) is 4. The van der Waals surface area contributed by atoms with Gasteiger partial charge in [0.15, 0.2) is 0 Å². The first-order valence-corrected chi connectivity index (χ1v) is 14.4. The molecule has 40 heavy (non-hydrogen) atoms. The maximum atomic E-state index is 13.8. The van der Waals surface area contributed by atoms with E-state index in [1.165, 1.54) is 12.1 Å². The minimum absolute atomic E-state index is 0.0473. The number of carbonyl (C=O) groups is 2. The molecule has 0 radical (unpaired) electrons. The minimum atomic E-state index is -0.438. The Morgan fingerprint density at radius 3 is 2.23 bits per heavy atom. The van der Waals surface area contributed by atoms with E-state index in [4.69, 9.17) is 23.2 Å².